The van der Waals surface area contributed by atoms with Gasteiger partial charge in [-0.15, -0.1) is 0 Å². The van der Waals surface area contributed by atoms with E-state index < -0.39 is 0 Å². The van der Waals surface area contributed by atoms with E-state index in [4.69, 9.17) is 4.74 Å². The molecule has 4 heteroatoms. The fourth-order valence-corrected chi connectivity index (χ4v) is 1.45. The van der Waals surface area contributed by atoms with Crippen LogP contribution in [0.3, 0.4) is 0 Å². The van der Waals surface area contributed by atoms with Crippen LogP contribution in [0.25, 0.3) is 11.3 Å². The number of hydrogen-bond acceptors (Lipinski definition) is 3. The highest BCUT2D eigenvalue weighted by Gasteiger charge is 2.06. The van der Waals surface area contributed by atoms with Crippen molar-refractivity contribution in [2.24, 2.45) is 0 Å². The van der Waals surface area contributed by atoms with Crippen LogP contribution in [-0.2, 0) is 0 Å². The number of nitrogens with one attached hydrogen (secondary N) is 1. The van der Waals surface area contributed by atoms with Gasteiger partial charge in [0.15, 0.2) is 0 Å². The molecule has 0 radical (unpaired) electrons. The average Bonchev–Trinajstić information content (AvgIpc) is 2.32. The number of ether oxygens (including phenoxy) is 1. The van der Waals surface area contributed by atoms with Gasteiger partial charge in [0.1, 0.15) is 5.75 Å². The van der Waals surface area contributed by atoms with Crippen molar-refractivity contribution in [1.82, 2.24) is 10.2 Å². The molecule has 0 aliphatic carbocycles. The van der Waals surface area contributed by atoms with Gasteiger partial charge in [0.2, 0.25) is 0 Å². The Morgan fingerprint density at radius 3 is 2.75 bits per heavy atom. The normalized spacial score (nSPS) is 10.1. The van der Waals surface area contributed by atoms with Crippen LogP contribution in [0, 0.1) is 0 Å². The summed E-state index contributed by atoms with van der Waals surface area (Å²) in [5, 5.41) is 6.38. The van der Waals surface area contributed by atoms with E-state index in [0.717, 1.165) is 11.3 Å². The Balaban J connectivity index is 2.46. The van der Waals surface area contributed by atoms with Crippen LogP contribution in [-0.4, -0.2) is 16.8 Å². The largest absolute Gasteiger partial charge is 0.493 e. The van der Waals surface area contributed by atoms with Crippen LogP contribution in [0.1, 0.15) is 6.92 Å². The molecule has 2 rings (SSSR count). The summed E-state index contributed by atoms with van der Waals surface area (Å²) in [6.45, 7) is 2.53. The number of aromatic amines is 1. The summed E-state index contributed by atoms with van der Waals surface area (Å²) in [4.78, 5) is 10.9. The minimum Gasteiger partial charge on any atom is -0.493 e. The van der Waals surface area contributed by atoms with Gasteiger partial charge >= 0.3 is 0 Å². The Labute approximate surface area is 92.9 Å². The second kappa shape index (κ2) is 4.61. The fraction of sp³-hybridized carbons (Fsp3) is 0.167. The molecule has 0 unspecified atom stereocenters. The summed E-state index contributed by atoms with van der Waals surface area (Å²) in [6, 6.07) is 10.7. The second-order valence-corrected chi connectivity index (χ2v) is 3.24. The summed E-state index contributed by atoms with van der Waals surface area (Å²) < 4.78 is 5.49. The maximum absolute atomic E-state index is 10.9. The van der Waals surface area contributed by atoms with Crippen molar-refractivity contribution in [3.05, 3.63) is 46.8 Å². The molecular weight excluding hydrogens is 204 g/mol. The molecule has 2 aromatic rings. The Bertz CT molecular complexity index is 514. The molecule has 16 heavy (non-hydrogen) atoms. The first kappa shape index (κ1) is 10.4. The smallest absolute Gasteiger partial charge is 0.264 e. The Morgan fingerprint density at radius 1 is 1.25 bits per heavy atom. The van der Waals surface area contributed by atoms with E-state index in [1.165, 1.54) is 6.07 Å². The number of nitrogens with zero attached hydrogens (tertiary/aromatic N) is 1. The number of aromatic nitrogens is 2. The van der Waals surface area contributed by atoms with Crippen molar-refractivity contribution < 1.29 is 4.74 Å². The number of benzene rings is 1. The lowest BCUT2D eigenvalue weighted by Crippen LogP contribution is -2.06. The molecule has 0 saturated heterocycles. The molecule has 0 spiro atoms. The van der Waals surface area contributed by atoms with Crippen LogP contribution in [0.2, 0.25) is 0 Å². The molecule has 1 aromatic heterocycles. The first-order valence-corrected chi connectivity index (χ1v) is 5.09. The maximum atomic E-state index is 10.9. The van der Waals surface area contributed by atoms with Crippen molar-refractivity contribution >= 4 is 0 Å². The Hall–Kier alpha value is -2.10. The molecule has 1 heterocycles. The zero-order valence-corrected chi connectivity index (χ0v) is 8.93. The molecule has 0 amide bonds. The summed E-state index contributed by atoms with van der Waals surface area (Å²) in [5.41, 5.74) is 1.36. The predicted molar refractivity (Wildman–Crippen MR) is 61.5 cm³/mol. The highest BCUT2D eigenvalue weighted by Crippen LogP contribution is 2.27. The molecule has 1 N–H and O–H groups in total. The van der Waals surface area contributed by atoms with Gasteiger partial charge in [-0.3, -0.25) is 4.79 Å². The highest BCUT2D eigenvalue weighted by molar-refractivity contribution is 5.66. The lowest BCUT2D eigenvalue weighted by molar-refractivity contribution is 0.341. The summed E-state index contributed by atoms with van der Waals surface area (Å²) in [6.07, 6.45) is 0. The molecule has 0 saturated carbocycles. The van der Waals surface area contributed by atoms with E-state index in [1.54, 1.807) is 6.07 Å². The SMILES string of the molecule is CCOc1ccccc1-c1ccc(=O)[nH]n1. The summed E-state index contributed by atoms with van der Waals surface area (Å²) in [5.74, 6) is 0.768. The molecular formula is C12H12N2O2. The Morgan fingerprint density at radius 2 is 2.06 bits per heavy atom. The van der Waals surface area contributed by atoms with Gasteiger partial charge in [-0.1, -0.05) is 12.1 Å². The quantitative estimate of drug-likeness (QED) is 0.851. The highest BCUT2D eigenvalue weighted by atomic mass is 16.5. The van der Waals surface area contributed by atoms with E-state index in [9.17, 15) is 4.79 Å². The fourth-order valence-electron chi connectivity index (χ4n) is 1.45. The zero-order valence-electron chi connectivity index (χ0n) is 8.93. The van der Waals surface area contributed by atoms with Crippen molar-refractivity contribution in [3.8, 4) is 17.0 Å². The first-order chi connectivity index (χ1) is 7.81. The standard InChI is InChI=1S/C12H12N2O2/c1-2-16-11-6-4-3-5-9(11)10-7-8-12(15)14-13-10/h3-8H,2H2,1H3,(H,14,15). The van der Waals surface area contributed by atoms with Gasteiger partial charge in [-0.2, -0.15) is 5.10 Å². The third-order valence-electron chi connectivity index (χ3n) is 2.14. The molecule has 0 aliphatic rings. The molecule has 82 valence electrons. The minimum absolute atomic E-state index is 0.211. The molecule has 0 fully saturated rings. The van der Waals surface area contributed by atoms with E-state index >= 15 is 0 Å². The van der Waals surface area contributed by atoms with Crippen LogP contribution >= 0.6 is 0 Å². The van der Waals surface area contributed by atoms with Crippen LogP contribution in [0.15, 0.2) is 41.2 Å². The lowest BCUT2D eigenvalue weighted by atomic mass is 10.1. The first-order valence-electron chi connectivity index (χ1n) is 5.09. The number of H-pyrrole nitrogens is 1. The maximum Gasteiger partial charge on any atom is 0.264 e. The number of rotatable bonds is 3. The number of hydrogen-bond donors (Lipinski definition) is 1. The summed E-state index contributed by atoms with van der Waals surface area (Å²) >= 11 is 0. The molecule has 0 atom stereocenters. The number of para-hydroxylation sites is 1. The van der Waals surface area contributed by atoms with Crippen molar-refractivity contribution in [2.45, 2.75) is 6.92 Å². The minimum atomic E-state index is -0.211. The van der Waals surface area contributed by atoms with E-state index in [1.807, 2.05) is 31.2 Å². The van der Waals surface area contributed by atoms with Crippen molar-refractivity contribution in [2.75, 3.05) is 6.61 Å². The lowest BCUT2D eigenvalue weighted by Gasteiger charge is -2.08. The molecule has 1 aromatic carbocycles. The van der Waals surface area contributed by atoms with Crippen molar-refractivity contribution in [1.29, 1.82) is 0 Å². The van der Waals surface area contributed by atoms with Crippen molar-refractivity contribution in [3.63, 3.8) is 0 Å². The van der Waals surface area contributed by atoms with Crippen LogP contribution < -0.4 is 10.3 Å². The second-order valence-electron chi connectivity index (χ2n) is 3.24. The van der Waals surface area contributed by atoms with E-state index in [2.05, 4.69) is 10.2 Å². The summed E-state index contributed by atoms with van der Waals surface area (Å²) in [7, 11) is 0. The van der Waals surface area contributed by atoms with Gasteiger partial charge in [0, 0.05) is 11.6 Å². The van der Waals surface area contributed by atoms with Gasteiger partial charge in [0.05, 0.1) is 12.3 Å². The topological polar surface area (TPSA) is 55.0 Å². The molecule has 0 aliphatic heterocycles. The van der Waals surface area contributed by atoms with E-state index in [-0.39, 0.29) is 5.56 Å². The third kappa shape index (κ3) is 2.11. The van der Waals surface area contributed by atoms with Crippen LogP contribution in [0.5, 0.6) is 5.75 Å². The third-order valence-corrected chi connectivity index (χ3v) is 2.14. The molecule has 0 bridgehead atoms. The van der Waals surface area contributed by atoms with E-state index in [0.29, 0.717) is 12.3 Å². The molecule has 4 nitrogen and oxygen atoms in total. The van der Waals surface area contributed by atoms with Gasteiger partial charge in [0.25, 0.3) is 5.56 Å². The van der Waals surface area contributed by atoms with Gasteiger partial charge < -0.3 is 4.74 Å². The van der Waals surface area contributed by atoms with Crippen LogP contribution in [0.4, 0.5) is 0 Å². The van der Waals surface area contributed by atoms with Gasteiger partial charge in [-0.05, 0) is 25.1 Å². The predicted octanol–water partition coefficient (Wildman–Crippen LogP) is 1.84. The Kier molecular flexibility index (Phi) is 3.00. The monoisotopic (exact) mass is 216 g/mol. The zero-order chi connectivity index (χ0) is 11.4. The average molecular weight is 216 g/mol. The van der Waals surface area contributed by atoms with Gasteiger partial charge in [-0.25, -0.2) is 5.10 Å².